The van der Waals surface area contributed by atoms with Crippen LogP contribution in [-0.4, -0.2) is 25.0 Å². The minimum Gasteiger partial charge on any atom is -0.478 e. The van der Waals surface area contributed by atoms with Crippen LogP contribution in [0.4, 0.5) is 18.9 Å². The number of alkyl halides is 3. The average molecular weight is 283 g/mol. The zero-order valence-corrected chi connectivity index (χ0v) is 9.76. The lowest BCUT2D eigenvalue weighted by atomic mass is 10.1. The molecule has 1 aromatic carbocycles. The summed E-state index contributed by atoms with van der Waals surface area (Å²) in [6.45, 7) is 1.29. The Balaban J connectivity index is 3.33. The topological polar surface area (TPSA) is 83.5 Å². The fourth-order valence-corrected chi connectivity index (χ4v) is 1.83. The predicted molar refractivity (Wildman–Crippen MR) is 56.7 cm³/mol. The van der Waals surface area contributed by atoms with Gasteiger partial charge in [0.15, 0.2) is 0 Å². The van der Waals surface area contributed by atoms with E-state index in [1.807, 2.05) is 0 Å². The molecule has 0 unspecified atom stereocenters. The molecule has 0 aliphatic rings. The number of rotatable bonds is 3. The Hall–Kier alpha value is -1.77. The van der Waals surface area contributed by atoms with Crippen LogP contribution in [0.3, 0.4) is 0 Å². The number of carbonyl (C=O) groups is 1. The van der Waals surface area contributed by atoms with Gasteiger partial charge in [-0.2, -0.15) is 21.6 Å². The standard InChI is InChI=1S/C9H8F3NO4S/c1-5-3-2-4-6(8(14)15)7(5)13-18(16,17)9(10,11)12/h2-4,13H,1H3,(H,14,15). The molecule has 0 heterocycles. The average Bonchev–Trinajstić information content (AvgIpc) is 2.18. The summed E-state index contributed by atoms with van der Waals surface area (Å²) in [6, 6.07) is 3.59. The highest BCUT2D eigenvalue weighted by Gasteiger charge is 2.46. The van der Waals surface area contributed by atoms with Gasteiger partial charge in [-0.1, -0.05) is 12.1 Å². The lowest BCUT2D eigenvalue weighted by Gasteiger charge is -2.14. The Labute approximate surface area is 100 Å². The molecular formula is C9H8F3NO4S. The summed E-state index contributed by atoms with van der Waals surface area (Å²) < 4.78 is 59.6. The van der Waals surface area contributed by atoms with E-state index in [-0.39, 0.29) is 5.56 Å². The second kappa shape index (κ2) is 4.48. The van der Waals surface area contributed by atoms with Crippen LogP contribution in [0.1, 0.15) is 15.9 Å². The van der Waals surface area contributed by atoms with Crippen LogP contribution in [0, 0.1) is 6.92 Å². The molecule has 100 valence electrons. The fraction of sp³-hybridized carbons (Fsp3) is 0.222. The summed E-state index contributed by atoms with van der Waals surface area (Å²) in [5.41, 5.74) is -6.58. The number of carboxylic acid groups (broad SMARTS) is 1. The molecule has 0 aliphatic heterocycles. The first-order chi connectivity index (χ1) is 8.06. The van der Waals surface area contributed by atoms with Crippen LogP contribution in [-0.2, 0) is 10.0 Å². The molecule has 2 N–H and O–H groups in total. The van der Waals surface area contributed by atoms with Gasteiger partial charge < -0.3 is 5.11 Å². The third-order valence-electron chi connectivity index (χ3n) is 2.04. The van der Waals surface area contributed by atoms with Crippen molar-refractivity contribution in [3.63, 3.8) is 0 Å². The van der Waals surface area contributed by atoms with Gasteiger partial charge in [0.1, 0.15) is 0 Å². The number of para-hydroxylation sites is 1. The Bertz CT molecular complexity index is 580. The number of hydrogen-bond donors (Lipinski definition) is 2. The van der Waals surface area contributed by atoms with Crippen molar-refractivity contribution in [2.24, 2.45) is 0 Å². The minimum atomic E-state index is -5.64. The normalized spacial score (nSPS) is 12.2. The zero-order chi connectivity index (χ0) is 14.1. The van der Waals surface area contributed by atoms with Gasteiger partial charge >= 0.3 is 21.5 Å². The Morgan fingerprint density at radius 1 is 1.33 bits per heavy atom. The molecule has 9 heteroatoms. The summed E-state index contributed by atoms with van der Waals surface area (Å²) in [7, 11) is -5.64. The number of sulfonamides is 1. The van der Waals surface area contributed by atoms with Crippen LogP contribution in [0.25, 0.3) is 0 Å². The van der Waals surface area contributed by atoms with E-state index in [1.165, 1.54) is 23.8 Å². The van der Waals surface area contributed by atoms with E-state index >= 15 is 0 Å². The maximum atomic E-state index is 12.2. The summed E-state index contributed by atoms with van der Waals surface area (Å²) in [6.07, 6.45) is 0. The molecule has 18 heavy (non-hydrogen) atoms. The highest BCUT2D eigenvalue weighted by atomic mass is 32.2. The number of anilines is 1. The lowest BCUT2D eigenvalue weighted by Crippen LogP contribution is -2.30. The first kappa shape index (κ1) is 14.3. The SMILES string of the molecule is Cc1cccc(C(=O)O)c1NS(=O)(=O)C(F)(F)F. The molecule has 0 atom stereocenters. The van der Waals surface area contributed by atoms with Crippen LogP contribution in [0.2, 0.25) is 0 Å². The molecule has 1 aromatic rings. The van der Waals surface area contributed by atoms with Gasteiger partial charge in [0.2, 0.25) is 0 Å². The van der Waals surface area contributed by atoms with E-state index in [9.17, 15) is 26.4 Å². The molecule has 0 amide bonds. The molecule has 5 nitrogen and oxygen atoms in total. The fourth-order valence-electron chi connectivity index (χ4n) is 1.17. The minimum absolute atomic E-state index is 0.0720. The van der Waals surface area contributed by atoms with E-state index in [1.54, 1.807) is 0 Å². The van der Waals surface area contributed by atoms with Crippen LogP contribution >= 0.6 is 0 Å². The van der Waals surface area contributed by atoms with Gasteiger partial charge in [0.25, 0.3) is 0 Å². The monoisotopic (exact) mass is 283 g/mol. The summed E-state index contributed by atoms with van der Waals surface area (Å²) in [5, 5.41) is 8.77. The highest BCUT2D eigenvalue weighted by Crippen LogP contribution is 2.28. The molecule has 1 rings (SSSR count). The number of nitrogens with one attached hydrogen (secondary N) is 1. The Morgan fingerprint density at radius 2 is 1.89 bits per heavy atom. The van der Waals surface area contributed by atoms with Crippen molar-refractivity contribution in [3.05, 3.63) is 29.3 Å². The molecule has 0 aromatic heterocycles. The third-order valence-corrected chi connectivity index (χ3v) is 3.13. The van der Waals surface area contributed by atoms with E-state index in [4.69, 9.17) is 5.11 Å². The Morgan fingerprint density at radius 3 is 2.33 bits per heavy atom. The first-order valence-electron chi connectivity index (χ1n) is 4.48. The van der Waals surface area contributed by atoms with Crippen molar-refractivity contribution >= 4 is 21.7 Å². The number of benzene rings is 1. The first-order valence-corrected chi connectivity index (χ1v) is 5.96. The molecule has 0 fully saturated rings. The maximum Gasteiger partial charge on any atom is 0.516 e. The molecule has 0 radical (unpaired) electrons. The number of halogens is 3. The lowest BCUT2D eigenvalue weighted by molar-refractivity contribution is -0.0429. The van der Waals surface area contributed by atoms with Crippen molar-refractivity contribution in [1.29, 1.82) is 0 Å². The van der Waals surface area contributed by atoms with Gasteiger partial charge in [-0.25, -0.2) is 4.79 Å². The second-order valence-corrected chi connectivity index (χ2v) is 5.03. The largest absolute Gasteiger partial charge is 0.516 e. The quantitative estimate of drug-likeness (QED) is 0.888. The van der Waals surface area contributed by atoms with Gasteiger partial charge in [0.05, 0.1) is 11.3 Å². The van der Waals surface area contributed by atoms with Crippen LogP contribution < -0.4 is 4.72 Å². The maximum absolute atomic E-state index is 12.2. The van der Waals surface area contributed by atoms with Crippen molar-refractivity contribution in [3.8, 4) is 0 Å². The molecule has 0 spiro atoms. The number of hydrogen-bond acceptors (Lipinski definition) is 3. The van der Waals surface area contributed by atoms with Crippen molar-refractivity contribution in [1.82, 2.24) is 0 Å². The van der Waals surface area contributed by atoms with Gasteiger partial charge in [0, 0.05) is 0 Å². The Kier molecular flexibility index (Phi) is 3.56. The van der Waals surface area contributed by atoms with Crippen LogP contribution in [0.15, 0.2) is 18.2 Å². The van der Waals surface area contributed by atoms with E-state index < -0.39 is 32.8 Å². The highest BCUT2D eigenvalue weighted by molar-refractivity contribution is 7.93. The van der Waals surface area contributed by atoms with E-state index in [0.717, 1.165) is 6.07 Å². The van der Waals surface area contributed by atoms with E-state index in [2.05, 4.69) is 0 Å². The van der Waals surface area contributed by atoms with Gasteiger partial charge in [-0.05, 0) is 18.6 Å². The summed E-state index contributed by atoms with van der Waals surface area (Å²) in [4.78, 5) is 10.8. The van der Waals surface area contributed by atoms with Crippen molar-refractivity contribution < 1.29 is 31.5 Å². The summed E-state index contributed by atoms with van der Waals surface area (Å²) in [5.74, 6) is -1.53. The molecule has 0 bridgehead atoms. The molecule has 0 saturated carbocycles. The predicted octanol–water partition coefficient (Wildman–Crippen LogP) is 1.95. The number of aromatic carboxylic acids is 1. The summed E-state index contributed by atoms with van der Waals surface area (Å²) >= 11 is 0. The number of aryl methyl sites for hydroxylation is 1. The van der Waals surface area contributed by atoms with Gasteiger partial charge in [-0.3, -0.25) is 4.72 Å². The third kappa shape index (κ3) is 2.73. The molecule has 0 saturated heterocycles. The second-order valence-electron chi connectivity index (χ2n) is 3.35. The van der Waals surface area contributed by atoms with Crippen LogP contribution in [0.5, 0.6) is 0 Å². The number of carboxylic acids is 1. The zero-order valence-electron chi connectivity index (χ0n) is 8.95. The smallest absolute Gasteiger partial charge is 0.478 e. The van der Waals surface area contributed by atoms with E-state index in [0.29, 0.717) is 0 Å². The molecule has 0 aliphatic carbocycles. The van der Waals surface area contributed by atoms with Crippen molar-refractivity contribution in [2.45, 2.75) is 12.4 Å². The van der Waals surface area contributed by atoms with Crippen molar-refractivity contribution in [2.75, 3.05) is 4.72 Å². The van der Waals surface area contributed by atoms with Gasteiger partial charge in [-0.15, -0.1) is 0 Å². The molecular weight excluding hydrogens is 275 g/mol.